The second-order valence-electron chi connectivity index (χ2n) is 6.23. The molecule has 6 heteroatoms. The van der Waals surface area contributed by atoms with E-state index in [-0.39, 0.29) is 24.7 Å². The van der Waals surface area contributed by atoms with Gasteiger partial charge in [0.2, 0.25) is 5.91 Å². The van der Waals surface area contributed by atoms with Crippen LogP contribution in [0.15, 0.2) is 18.2 Å². The predicted octanol–water partition coefficient (Wildman–Crippen LogP) is 3.76. The van der Waals surface area contributed by atoms with Gasteiger partial charge in [-0.05, 0) is 30.5 Å². The standard InChI is InChI=1S/C19H28ClNO4/c1-3-4-5-6-7-15-8-9-17(18(10-15)23-2)21(19(22)11-20)12-16-13-24-14-25-16/h8-10,16H,3-7,11-14H2,1-2H3. The van der Waals surface area contributed by atoms with Crippen LogP contribution >= 0.6 is 11.6 Å². The van der Waals surface area contributed by atoms with Crippen LogP contribution in [0.4, 0.5) is 5.69 Å². The van der Waals surface area contributed by atoms with Gasteiger partial charge in [-0.15, -0.1) is 11.6 Å². The van der Waals surface area contributed by atoms with Gasteiger partial charge >= 0.3 is 0 Å². The van der Waals surface area contributed by atoms with Crippen LogP contribution in [0.1, 0.15) is 38.2 Å². The third kappa shape index (κ3) is 5.87. The summed E-state index contributed by atoms with van der Waals surface area (Å²) in [7, 11) is 1.62. The van der Waals surface area contributed by atoms with Crippen LogP contribution in [-0.2, 0) is 20.7 Å². The largest absolute Gasteiger partial charge is 0.495 e. The highest BCUT2D eigenvalue weighted by Crippen LogP contribution is 2.31. The minimum atomic E-state index is -0.175. The zero-order valence-corrected chi connectivity index (χ0v) is 15.9. The topological polar surface area (TPSA) is 48.0 Å². The lowest BCUT2D eigenvalue weighted by Crippen LogP contribution is -2.39. The summed E-state index contributed by atoms with van der Waals surface area (Å²) in [5, 5.41) is 0. The summed E-state index contributed by atoms with van der Waals surface area (Å²) in [6.45, 7) is 3.35. The lowest BCUT2D eigenvalue weighted by molar-refractivity contribution is -0.116. The number of anilines is 1. The third-order valence-electron chi connectivity index (χ3n) is 4.35. The van der Waals surface area contributed by atoms with Gasteiger partial charge in [-0.25, -0.2) is 0 Å². The number of carbonyl (C=O) groups is 1. The van der Waals surface area contributed by atoms with Crippen molar-refractivity contribution in [3.63, 3.8) is 0 Å². The molecule has 0 radical (unpaired) electrons. The van der Waals surface area contributed by atoms with Gasteiger partial charge in [-0.3, -0.25) is 4.79 Å². The van der Waals surface area contributed by atoms with Crippen molar-refractivity contribution in [1.82, 2.24) is 0 Å². The minimum Gasteiger partial charge on any atom is -0.495 e. The SMILES string of the molecule is CCCCCCc1ccc(N(CC2COCO2)C(=O)CCl)c(OC)c1. The number of rotatable bonds is 10. The molecule has 0 spiro atoms. The number of unbranched alkanes of at least 4 members (excludes halogenated alkanes) is 3. The van der Waals surface area contributed by atoms with Crippen molar-refractivity contribution in [1.29, 1.82) is 0 Å². The molecule has 1 aromatic rings. The maximum absolute atomic E-state index is 12.3. The molecule has 1 atom stereocenters. The Balaban J connectivity index is 2.13. The Labute approximate surface area is 155 Å². The highest BCUT2D eigenvalue weighted by Gasteiger charge is 2.26. The second-order valence-corrected chi connectivity index (χ2v) is 6.50. The first-order chi connectivity index (χ1) is 12.2. The summed E-state index contributed by atoms with van der Waals surface area (Å²) in [4.78, 5) is 14.0. The molecule has 1 aliphatic rings. The summed E-state index contributed by atoms with van der Waals surface area (Å²) in [6, 6.07) is 6.01. The normalized spacial score (nSPS) is 16.8. The number of halogens is 1. The summed E-state index contributed by atoms with van der Waals surface area (Å²) in [5.74, 6) is 0.423. The van der Waals surface area contributed by atoms with E-state index in [4.69, 9.17) is 25.8 Å². The van der Waals surface area contributed by atoms with Gasteiger partial charge in [0.1, 0.15) is 24.5 Å². The number of hydrogen-bond donors (Lipinski definition) is 0. The Kier molecular flexibility index (Phi) is 8.52. The van der Waals surface area contributed by atoms with Crippen molar-refractivity contribution in [2.75, 3.05) is 37.8 Å². The van der Waals surface area contributed by atoms with Crippen LogP contribution in [-0.4, -0.2) is 44.9 Å². The van der Waals surface area contributed by atoms with Crippen molar-refractivity contribution >= 4 is 23.2 Å². The predicted molar refractivity (Wildman–Crippen MR) is 99.6 cm³/mol. The van der Waals surface area contributed by atoms with Crippen molar-refractivity contribution in [2.45, 2.75) is 45.1 Å². The number of amides is 1. The van der Waals surface area contributed by atoms with E-state index in [1.54, 1.807) is 12.0 Å². The molecule has 1 heterocycles. The molecule has 1 fully saturated rings. The van der Waals surface area contributed by atoms with E-state index < -0.39 is 0 Å². The van der Waals surface area contributed by atoms with Crippen LogP contribution in [0.2, 0.25) is 0 Å². The first-order valence-corrected chi connectivity index (χ1v) is 9.45. The number of nitrogens with zero attached hydrogens (tertiary/aromatic N) is 1. The molecule has 25 heavy (non-hydrogen) atoms. The molecule has 1 saturated heterocycles. The van der Waals surface area contributed by atoms with Gasteiger partial charge in [0.05, 0.1) is 25.9 Å². The Morgan fingerprint density at radius 2 is 2.20 bits per heavy atom. The smallest absolute Gasteiger partial charge is 0.242 e. The number of aryl methyl sites for hydroxylation is 1. The molecule has 0 saturated carbocycles. The van der Waals surface area contributed by atoms with Crippen molar-refractivity contribution in [3.8, 4) is 5.75 Å². The monoisotopic (exact) mass is 369 g/mol. The fourth-order valence-electron chi connectivity index (χ4n) is 2.94. The average Bonchev–Trinajstić information content (AvgIpc) is 3.16. The molecular weight excluding hydrogens is 342 g/mol. The second kappa shape index (κ2) is 10.6. The zero-order valence-electron chi connectivity index (χ0n) is 15.1. The summed E-state index contributed by atoms with van der Waals surface area (Å²) in [6.07, 6.45) is 5.75. The molecule has 2 rings (SSSR count). The molecule has 1 amide bonds. The maximum atomic E-state index is 12.3. The first kappa shape index (κ1) is 20.0. The summed E-state index contributed by atoms with van der Waals surface area (Å²) >= 11 is 5.80. The van der Waals surface area contributed by atoms with E-state index in [2.05, 4.69) is 13.0 Å². The third-order valence-corrected chi connectivity index (χ3v) is 4.57. The van der Waals surface area contributed by atoms with Gasteiger partial charge in [-0.1, -0.05) is 32.3 Å². The van der Waals surface area contributed by atoms with Gasteiger partial charge in [-0.2, -0.15) is 0 Å². The molecule has 140 valence electrons. The van der Waals surface area contributed by atoms with E-state index in [1.807, 2.05) is 12.1 Å². The molecule has 1 aromatic carbocycles. The van der Waals surface area contributed by atoms with Crippen LogP contribution in [0.3, 0.4) is 0 Å². The van der Waals surface area contributed by atoms with Gasteiger partial charge < -0.3 is 19.1 Å². The average molecular weight is 370 g/mol. The lowest BCUT2D eigenvalue weighted by Gasteiger charge is -2.26. The van der Waals surface area contributed by atoms with E-state index in [1.165, 1.54) is 24.8 Å². The molecule has 0 aromatic heterocycles. The number of ether oxygens (including phenoxy) is 3. The molecule has 1 unspecified atom stereocenters. The maximum Gasteiger partial charge on any atom is 0.242 e. The van der Waals surface area contributed by atoms with E-state index in [9.17, 15) is 4.79 Å². The Hall–Kier alpha value is -1.30. The molecule has 0 bridgehead atoms. The van der Waals surface area contributed by atoms with E-state index in [0.717, 1.165) is 18.5 Å². The van der Waals surface area contributed by atoms with Crippen LogP contribution < -0.4 is 9.64 Å². The Morgan fingerprint density at radius 1 is 1.36 bits per heavy atom. The molecule has 0 aliphatic carbocycles. The lowest BCUT2D eigenvalue weighted by atomic mass is 10.0. The quantitative estimate of drug-likeness (QED) is 0.465. The fourth-order valence-corrected chi connectivity index (χ4v) is 3.09. The van der Waals surface area contributed by atoms with Crippen molar-refractivity contribution < 1.29 is 19.0 Å². The van der Waals surface area contributed by atoms with Crippen molar-refractivity contribution in [2.24, 2.45) is 0 Å². The molecule has 5 nitrogen and oxygen atoms in total. The summed E-state index contributed by atoms with van der Waals surface area (Å²) < 4.78 is 16.2. The number of benzene rings is 1. The number of alkyl halides is 1. The first-order valence-electron chi connectivity index (χ1n) is 8.92. The number of carbonyl (C=O) groups excluding carboxylic acids is 1. The van der Waals surface area contributed by atoms with E-state index in [0.29, 0.717) is 18.9 Å². The fraction of sp³-hybridized carbons (Fsp3) is 0.632. The van der Waals surface area contributed by atoms with E-state index >= 15 is 0 Å². The number of methoxy groups -OCH3 is 1. The van der Waals surface area contributed by atoms with Gasteiger partial charge in [0.15, 0.2) is 0 Å². The van der Waals surface area contributed by atoms with Gasteiger partial charge in [0, 0.05) is 0 Å². The summed E-state index contributed by atoms with van der Waals surface area (Å²) in [5.41, 5.74) is 1.94. The Morgan fingerprint density at radius 3 is 2.84 bits per heavy atom. The van der Waals surface area contributed by atoms with Crippen molar-refractivity contribution in [3.05, 3.63) is 23.8 Å². The molecular formula is C19H28ClNO4. The van der Waals surface area contributed by atoms with Crippen LogP contribution in [0.25, 0.3) is 0 Å². The molecule has 1 aliphatic heterocycles. The minimum absolute atomic E-state index is 0.0878. The highest BCUT2D eigenvalue weighted by atomic mass is 35.5. The number of hydrogen-bond acceptors (Lipinski definition) is 4. The van der Waals surface area contributed by atoms with Crippen LogP contribution in [0, 0.1) is 0 Å². The zero-order chi connectivity index (χ0) is 18.1. The van der Waals surface area contributed by atoms with Crippen LogP contribution in [0.5, 0.6) is 5.75 Å². The molecule has 0 N–H and O–H groups in total. The Bertz CT molecular complexity index is 546. The van der Waals surface area contributed by atoms with Gasteiger partial charge in [0.25, 0.3) is 0 Å². The highest BCUT2D eigenvalue weighted by molar-refractivity contribution is 6.29.